The number of benzene rings is 1. The number of aryl methyl sites for hydroxylation is 1. The van der Waals surface area contributed by atoms with Crippen LogP contribution >= 0.6 is 11.3 Å². The van der Waals surface area contributed by atoms with Gasteiger partial charge in [-0.1, -0.05) is 12.1 Å². The smallest absolute Gasteiger partial charge is 0.321 e. The Morgan fingerprint density at radius 2 is 2.11 bits per heavy atom. The van der Waals surface area contributed by atoms with Crippen molar-refractivity contribution in [1.29, 1.82) is 0 Å². The SMILES string of the molecule is Cc1cc2c(NC(=O)N3CCCC(C(=O)c4cccs4)C3)cccc2nn1. The Morgan fingerprint density at radius 1 is 1.22 bits per heavy atom. The van der Waals surface area contributed by atoms with E-state index in [1.165, 1.54) is 11.3 Å². The Hall–Kier alpha value is -2.80. The van der Waals surface area contributed by atoms with Crippen LogP contribution in [-0.4, -0.2) is 40.0 Å². The number of hydrogen-bond acceptors (Lipinski definition) is 5. The summed E-state index contributed by atoms with van der Waals surface area (Å²) >= 11 is 1.46. The summed E-state index contributed by atoms with van der Waals surface area (Å²) in [5.41, 5.74) is 2.24. The molecule has 138 valence electrons. The van der Waals surface area contributed by atoms with E-state index < -0.39 is 0 Å². The molecule has 1 fully saturated rings. The Balaban J connectivity index is 1.50. The minimum Gasteiger partial charge on any atom is -0.324 e. The van der Waals surface area contributed by atoms with Gasteiger partial charge in [0.05, 0.1) is 21.8 Å². The molecule has 1 aliphatic rings. The van der Waals surface area contributed by atoms with Gasteiger partial charge in [0.1, 0.15) is 0 Å². The lowest BCUT2D eigenvalue weighted by Crippen LogP contribution is -2.44. The Labute approximate surface area is 161 Å². The topological polar surface area (TPSA) is 75.2 Å². The number of nitrogens with zero attached hydrogens (tertiary/aromatic N) is 3. The van der Waals surface area contributed by atoms with Gasteiger partial charge in [0.25, 0.3) is 0 Å². The van der Waals surface area contributed by atoms with Crippen molar-refractivity contribution in [2.45, 2.75) is 19.8 Å². The van der Waals surface area contributed by atoms with Crippen LogP contribution in [0.4, 0.5) is 10.5 Å². The molecule has 4 rings (SSSR count). The van der Waals surface area contributed by atoms with Crippen molar-refractivity contribution >= 4 is 39.7 Å². The van der Waals surface area contributed by atoms with Crippen molar-refractivity contribution in [3.05, 3.63) is 52.3 Å². The first kappa shape index (κ1) is 17.6. The largest absolute Gasteiger partial charge is 0.324 e. The molecule has 3 aromatic rings. The molecule has 1 N–H and O–H groups in total. The number of thiophene rings is 1. The van der Waals surface area contributed by atoms with Crippen molar-refractivity contribution in [1.82, 2.24) is 15.1 Å². The number of carbonyl (C=O) groups excluding carboxylic acids is 2. The van der Waals surface area contributed by atoms with E-state index in [0.717, 1.165) is 34.3 Å². The standard InChI is InChI=1S/C20H20N4O2S/c1-13-11-15-16(6-2-7-17(15)23-22-13)21-20(26)24-9-3-5-14(12-24)19(25)18-8-4-10-27-18/h2,4,6-8,10-11,14H,3,5,9,12H2,1H3,(H,21,26). The minimum absolute atomic E-state index is 0.135. The van der Waals surface area contributed by atoms with E-state index in [0.29, 0.717) is 18.8 Å². The van der Waals surface area contributed by atoms with Crippen molar-refractivity contribution in [2.75, 3.05) is 18.4 Å². The Kier molecular flexibility index (Phi) is 4.85. The van der Waals surface area contributed by atoms with E-state index in [2.05, 4.69) is 15.5 Å². The monoisotopic (exact) mass is 380 g/mol. The maximum absolute atomic E-state index is 12.8. The number of Topliss-reactive ketones (excluding diaryl/α,β-unsaturated/α-hetero) is 1. The maximum Gasteiger partial charge on any atom is 0.321 e. The Bertz CT molecular complexity index is 987. The molecular weight excluding hydrogens is 360 g/mol. The summed E-state index contributed by atoms with van der Waals surface area (Å²) in [6.07, 6.45) is 1.65. The first-order valence-corrected chi connectivity index (χ1v) is 9.86. The molecule has 27 heavy (non-hydrogen) atoms. The predicted octanol–water partition coefficient (Wildman–Crippen LogP) is 4.13. The van der Waals surface area contributed by atoms with Crippen molar-refractivity contribution in [3.8, 4) is 0 Å². The lowest BCUT2D eigenvalue weighted by Gasteiger charge is -2.32. The average molecular weight is 380 g/mol. The quantitative estimate of drug-likeness (QED) is 0.694. The molecule has 1 atom stereocenters. The van der Waals surface area contributed by atoms with Gasteiger partial charge >= 0.3 is 6.03 Å². The third-order valence-corrected chi connectivity index (χ3v) is 5.72. The van der Waals surface area contributed by atoms with Crippen LogP contribution in [0.1, 0.15) is 28.2 Å². The van der Waals surface area contributed by atoms with Crippen molar-refractivity contribution in [3.63, 3.8) is 0 Å². The van der Waals surface area contributed by atoms with Gasteiger partial charge in [0.2, 0.25) is 0 Å². The summed E-state index contributed by atoms with van der Waals surface area (Å²) in [5.74, 6) is 0.00217. The van der Waals surface area contributed by atoms with Crippen molar-refractivity contribution < 1.29 is 9.59 Å². The fourth-order valence-corrected chi connectivity index (χ4v) is 4.20. The van der Waals surface area contributed by atoms with Gasteiger partial charge in [0.15, 0.2) is 5.78 Å². The second kappa shape index (κ2) is 7.44. The number of piperidine rings is 1. The van der Waals surface area contributed by atoms with Gasteiger partial charge < -0.3 is 10.2 Å². The van der Waals surface area contributed by atoms with Crippen LogP contribution in [0.15, 0.2) is 41.8 Å². The van der Waals surface area contributed by atoms with Crippen LogP contribution in [-0.2, 0) is 0 Å². The number of rotatable bonds is 3. The highest BCUT2D eigenvalue weighted by Gasteiger charge is 2.29. The summed E-state index contributed by atoms with van der Waals surface area (Å²) in [5, 5.41) is 14.0. The molecule has 3 heterocycles. The highest BCUT2D eigenvalue weighted by molar-refractivity contribution is 7.12. The third kappa shape index (κ3) is 3.68. The van der Waals surface area contributed by atoms with E-state index in [1.807, 2.05) is 48.7 Å². The number of likely N-dealkylation sites (tertiary alicyclic amines) is 1. The molecule has 0 bridgehead atoms. The highest BCUT2D eigenvalue weighted by Crippen LogP contribution is 2.25. The number of anilines is 1. The molecule has 0 saturated carbocycles. The molecule has 7 heteroatoms. The van der Waals surface area contributed by atoms with Gasteiger partial charge in [-0.15, -0.1) is 11.3 Å². The molecule has 1 saturated heterocycles. The van der Waals surface area contributed by atoms with E-state index in [-0.39, 0.29) is 17.7 Å². The second-order valence-corrected chi connectivity index (χ2v) is 7.73. The van der Waals surface area contributed by atoms with Crippen molar-refractivity contribution in [2.24, 2.45) is 5.92 Å². The number of nitrogens with one attached hydrogen (secondary N) is 1. The average Bonchev–Trinajstić information content (AvgIpc) is 3.23. The summed E-state index contributed by atoms with van der Waals surface area (Å²) in [6.45, 7) is 2.98. The third-order valence-electron chi connectivity index (χ3n) is 4.84. The molecule has 0 radical (unpaired) electrons. The zero-order valence-corrected chi connectivity index (χ0v) is 15.8. The maximum atomic E-state index is 12.8. The first-order valence-electron chi connectivity index (χ1n) is 8.98. The molecular formula is C20H20N4O2S. The number of aromatic nitrogens is 2. The number of fused-ring (bicyclic) bond motifs is 1. The van der Waals surface area contributed by atoms with Crippen LogP contribution in [0.3, 0.4) is 0 Å². The summed E-state index contributed by atoms with van der Waals surface area (Å²) < 4.78 is 0. The summed E-state index contributed by atoms with van der Waals surface area (Å²) in [4.78, 5) is 28.0. The lowest BCUT2D eigenvalue weighted by molar-refractivity contribution is 0.0856. The molecule has 0 spiro atoms. The molecule has 2 aromatic heterocycles. The predicted molar refractivity (Wildman–Crippen MR) is 106 cm³/mol. The van der Waals surface area contributed by atoms with E-state index in [9.17, 15) is 9.59 Å². The summed E-state index contributed by atoms with van der Waals surface area (Å²) in [6, 6.07) is 11.1. The molecule has 1 unspecified atom stereocenters. The van der Waals surface area contributed by atoms with Gasteiger partial charge in [0, 0.05) is 24.4 Å². The van der Waals surface area contributed by atoms with Gasteiger partial charge in [-0.05, 0) is 49.4 Å². The van der Waals surface area contributed by atoms with E-state index in [1.54, 1.807) is 4.90 Å². The van der Waals surface area contributed by atoms with Crippen LogP contribution in [0.2, 0.25) is 0 Å². The number of hydrogen-bond donors (Lipinski definition) is 1. The second-order valence-electron chi connectivity index (χ2n) is 6.78. The molecule has 2 amide bonds. The van der Waals surface area contributed by atoms with Gasteiger partial charge in [-0.3, -0.25) is 4.79 Å². The van der Waals surface area contributed by atoms with Crippen LogP contribution in [0.25, 0.3) is 10.9 Å². The Morgan fingerprint density at radius 3 is 2.93 bits per heavy atom. The number of ketones is 1. The molecule has 6 nitrogen and oxygen atoms in total. The van der Waals surface area contributed by atoms with Crippen LogP contribution < -0.4 is 5.32 Å². The van der Waals surface area contributed by atoms with Gasteiger partial charge in [-0.2, -0.15) is 10.2 Å². The van der Waals surface area contributed by atoms with E-state index in [4.69, 9.17) is 0 Å². The van der Waals surface area contributed by atoms with Gasteiger partial charge in [-0.25, -0.2) is 4.79 Å². The summed E-state index contributed by atoms with van der Waals surface area (Å²) in [7, 11) is 0. The fraction of sp³-hybridized carbons (Fsp3) is 0.300. The minimum atomic E-state index is -0.180. The molecule has 1 aliphatic heterocycles. The molecule has 1 aromatic carbocycles. The number of urea groups is 1. The number of carbonyl (C=O) groups is 2. The first-order chi connectivity index (χ1) is 13.1. The fourth-order valence-electron chi connectivity index (χ4n) is 3.46. The van der Waals surface area contributed by atoms with Crippen LogP contribution in [0.5, 0.6) is 0 Å². The zero-order valence-electron chi connectivity index (χ0n) is 15.0. The normalized spacial score (nSPS) is 17.1. The zero-order chi connectivity index (χ0) is 18.8. The number of amides is 2. The highest BCUT2D eigenvalue weighted by atomic mass is 32.1. The lowest BCUT2D eigenvalue weighted by atomic mass is 9.93. The van der Waals surface area contributed by atoms with Crippen LogP contribution in [0, 0.1) is 12.8 Å². The molecule has 0 aliphatic carbocycles. The van der Waals surface area contributed by atoms with E-state index >= 15 is 0 Å².